The van der Waals surface area contributed by atoms with Crippen molar-refractivity contribution in [2.75, 3.05) is 13.7 Å². The van der Waals surface area contributed by atoms with Gasteiger partial charge in [-0.15, -0.1) is 0 Å². The van der Waals surface area contributed by atoms with E-state index in [-0.39, 0.29) is 22.6 Å². The molecule has 21 heavy (non-hydrogen) atoms. The summed E-state index contributed by atoms with van der Waals surface area (Å²) >= 11 is 0. The Bertz CT molecular complexity index is 592. The average molecular weight is 316 g/mol. The molecule has 0 spiro atoms. The zero-order valence-electron chi connectivity index (χ0n) is 12.0. The molecule has 1 aliphatic rings. The first-order valence-corrected chi connectivity index (χ1v) is 8.52. The molecule has 0 radical (unpaired) electrons. The summed E-state index contributed by atoms with van der Waals surface area (Å²) in [5.41, 5.74) is 5.71. The summed E-state index contributed by atoms with van der Waals surface area (Å²) in [6.45, 7) is 0.458. The van der Waals surface area contributed by atoms with Crippen LogP contribution in [0.15, 0.2) is 23.1 Å². The SMILES string of the molecule is COc1cc(S(=O)(=O)NC2CCCCC2CN)ccc1F. The zero-order valence-corrected chi connectivity index (χ0v) is 12.8. The van der Waals surface area contributed by atoms with Crippen LogP contribution >= 0.6 is 0 Å². The summed E-state index contributed by atoms with van der Waals surface area (Å²) in [4.78, 5) is 0.00194. The van der Waals surface area contributed by atoms with Crippen LogP contribution in [0.2, 0.25) is 0 Å². The predicted octanol–water partition coefficient (Wildman–Crippen LogP) is 1.63. The van der Waals surface area contributed by atoms with E-state index in [4.69, 9.17) is 10.5 Å². The van der Waals surface area contributed by atoms with Crippen molar-refractivity contribution in [2.45, 2.75) is 36.6 Å². The standard InChI is InChI=1S/C14H21FN2O3S/c1-20-14-8-11(6-7-12(14)15)21(18,19)17-13-5-3-2-4-10(13)9-16/h6-8,10,13,17H,2-5,9,16H2,1H3. The normalized spacial score (nSPS) is 23.0. The van der Waals surface area contributed by atoms with Crippen molar-refractivity contribution in [3.8, 4) is 5.75 Å². The Morgan fingerprint density at radius 2 is 2.10 bits per heavy atom. The van der Waals surface area contributed by atoms with E-state index in [0.29, 0.717) is 6.54 Å². The van der Waals surface area contributed by atoms with Gasteiger partial charge in [0.15, 0.2) is 11.6 Å². The zero-order chi connectivity index (χ0) is 15.5. The molecule has 0 amide bonds. The number of hydrogen-bond donors (Lipinski definition) is 2. The van der Waals surface area contributed by atoms with E-state index in [9.17, 15) is 12.8 Å². The smallest absolute Gasteiger partial charge is 0.240 e. The van der Waals surface area contributed by atoms with E-state index in [2.05, 4.69) is 4.72 Å². The Morgan fingerprint density at radius 3 is 2.76 bits per heavy atom. The molecule has 1 fully saturated rings. The fourth-order valence-electron chi connectivity index (χ4n) is 2.72. The first-order valence-electron chi connectivity index (χ1n) is 7.04. The second-order valence-corrected chi connectivity index (χ2v) is 7.02. The summed E-state index contributed by atoms with van der Waals surface area (Å²) < 4.78 is 45.7. The van der Waals surface area contributed by atoms with Gasteiger partial charge in [-0.2, -0.15) is 0 Å². The highest BCUT2D eigenvalue weighted by Gasteiger charge is 2.29. The minimum atomic E-state index is -3.70. The molecule has 2 atom stereocenters. The van der Waals surface area contributed by atoms with Crippen LogP contribution in [0.3, 0.4) is 0 Å². The molecule has 5 nitrogen and oxygen atoms in total. The van der Waals surface area contributed by atoms with Crippen LogP contribution in [-0.4, -0.2) is 28.1 Å². The molecule has 2 rings (SSSR count). The molecule has 2 unspecified atom stereocenters. The molecule has 0 aliphatic heterocycles. The third-order valence-corrected chi connectivity index (χ3v) is 5.44. The Balaban J connectivity index is 2.21. The van der Waals surface area contributed by atoms with Crippen LogP contribution in [0.25, 0.3) is 0 Å². The second-order valence-electron chi connectivity index (χ2n) is 5.30. The van der Waals surface area contributed by atoms with Crippen molar-refractivity contribution < 1.29 is 17.5 Å². The van der Waals surface area contributed by atoms with Gasteiger partial charge in [0.25, 0.3) is 0 Å². The van der Waals surface area contributed by atoms with Crippen LogP contribution in [0.4, 0.5) is 4.39 Å². The van der Waals surface area contributed by atoms with E-state index in [0.717, 1.165) is 31.7 Å². The van der Waals surface area contributed by atoms with Gasteiger partial charge in [0.1, 0.15) is 0 Å². The number of ether oxygens (including phenoxy) is 1. The third-order valence-electron chi connectivity index (χ3n) is 3.95. The molecule has 3 N–H and O–H groups in total. The number of methoxy groups -OCH3 is 1. The van der Waals surface area contributed by atoms with Gasteiger partial charge in [-0.3, -0.25) is 0 Å². The monoisotopic (exact) mass is 316 g/mol. The lowest BCUT2D eigenvalue weighted by atomic mass is 9.85. The molecular weight excluding hydrogens is 295 g/mol. The van der Waals surface area contributed by atoms with Gasteiger partial charge >= 0.3 is 0 Å². The minimum Gasteiger partial charge on any atom is -0.494 e. The van der Waals surface area contributed by atoms with Crippen LogP contribution in [-0.2, 0) is 10.0 Å². The Kier molecular flexibility index (Phi) is 5.18. The molecular formula is C14H21FN2O3S. The summed E-state index contributed by atoms with van der Waals surface area (Å²) in [5, 5.41) is 0. The van der Waals surface area contributed by atoms with E-state index in [1.165, 1.54) is 19.2 Å². The predicted molar refractivity (Wildman–Crippen MR) is 78.1 cm³/mol. The lowest BCUT2D eigenvalue weighted by molar-refractivity contribution is 0.296. The van der Waals surface area contributed by atoms with Crippen LogP contribution < -0.4 is 15.2 Å². The first kappa shape index (κ1) is 16.2. The van der Waals surface area contributed by atoms with Crippen molar-refractivity contribution in [2.24, 2.45) is 11.7 Å². The number of sulfonamides is 1. The summed E-state index contributed by atoms with van der Waals surface area (Å²) in [6.07, 6.45) is 3.76. The van der Waals surface area contributed by atoms with Crippen LogP contribution in [0, 0.1) is 11.7 Å². The van der Waals surface area contributed by atoms with Gasteiger partial charge in [-0.05, 0) is 37.4 Å². The van der Waals surface area contributed by atoms with Crippen molar-refractivity contribution in [3.05, 3.63) is 24.0 Å². The number of benzene rings is 1. The fraction of sp³-hybridized carbons (Fsp3) is 0.571. The molecule has 1 aliphatic carbocycles. The van der Waals surface area contributed by atoms with Crippen LogP contribution in [0.1, 0.15) is 25.7 Å². The molecule has 0 heterocycles. The number of hydrogen-bond acceptors (Lipinski definition) is 4. The van der Waals surface area contributed by atoms with E-state index in [1.54, 1.807) is 0 Å². The largest absolute Gasteiger partial charge is 0.494 e. The Labute approximate surface area is 124 Å². The van der Waals surface area contributed by atoms with E-state index < -0.39 is 15.8 Å². The molecule has 1 aromatic carbocycles. The van der Waals surface area contributed by atoms with Gasteiger partial charge in [0.05, 0.1) is 12.0 Å². The van der Waals surface area contributed by atoms with Crippen molar-refractivity contribution >= 4 is 10.0 Å². The maximum absolute atomic E-state index is 13.4. The quantitative estimate of drug-likeness (QED) is 0.865. The third kappa shape index (κ3) is 3.72. The summed E-state index contributed by atoms with van der Waals surface area (Å²) in [7, 11) is -2.41. The average Bonchev–Trinajstić information content (AvgIpc) is 2.47. The van der Waals surface area contributed by atoms with Crippen LogP contribution in [0.5, 0.6) is 5.75 Å². The molecule has 1 saturated carbocycles. The van der Waals surface area contributed by atoms with Crippen molar-refractivity contribution in [1.29, 1.82) is 0 Å². The fourth-order valence-corrected chi connectivity index (χ4v) is 4.07. The highest BCUT2D eigenvalue weighted by atomic mass is 32.2. The minimum absolute atomic E-state index is 0.00194. The number of nitrogens with two attached hydrogens (primary N) is 1. The van der Waals surface area contributed by atoms with E-state index in [1.807, 2.05) is 0 Å². The second kappa shape index (κ2) is 6.72. The van der Waals surface area contributed by atoms with Gasteiger partial charge in [-0.25, -0.2) is 17.5 Å². The summed E-state index contributed by atoms with van der Waals surface area (Å²) in [6, 6.07) is 3.36. The van der Waals surface area contributed by atoms with Gasteiger partial charge < -0.3 is 10.5 Å². The molecule has 118 valence electrons. The lowest BCUT2D eigenvalue weighted by Crippen LogP contribution is -2.44. The number of halogens is 1. The maximum atomic E-state index is 13.4. The van der Waals surface area contributed by atoms with Gasteiger partial charge in [0, 0.05) is 12.1 Å². The van der Waals surface area contributed by atoms with Crippen molar-refractivity contribution in [3.63, 3.8) is 0 Å². The molecule has 1 aromatic rings. The summed E-state index contributed by atoms with van der Waals surface area (Å²) in [5.74, 6) is -0.526. The van der Waals surface area contributed by atoms with E-state index >= 15 is 0 Å². The lowest BCUT2D eigenvalue weighted by Gasteiger charge is -2.31. The van der Waals surface area contributed by atoms with Gasteiger partial charge in [0.2, 0.25) is 10.0 Å². The Morgan fingerprint density at radius 1 is 1.38 bits per heavy atom. The van der Waals surface area contributed by atoms with Gasteiger partial charge in [-0.1, -0.05) is 12.8 Å². The number of nitrogens with one attached hydrogen (secondary N) is 1. The Hall–Kier alpha value is -1.18. The molecule has 0 aromatic heterocycles. The highest BCUT2D eigenvalue weighted by molar-refractivity contribution is 7.89. The number of rotatable bonds is 5. The molecule has 0 bridgehead atoms. The topological polar surface area (TPSA) is 81.4 Å². The first-order chi connectivity index (χ1) is 9.97. The molecule has 0 saturated heterocycles. The highest BCUT2D eigenvalue weighted by Crippen LogP contribution is 2.26. The molecule has 7 heteroatoms. The maximum Gasteiger partial charge on any atom is 0.240 e. The van der Waals surface area contributed by atoms with Crippen molar-refractivity contribution in [1.82, 2.24) is 4.72 Å².